The predicted molar refractivity (Wildman–Crippen MR) is 284 cm³/mol. The molecule has 0 fully saturated rings. The SMILES string of the molecule is O=C(C[P+](c1ccccc1)(c1ccccc1)c1ccccc1)c1ccc(F)cc1.O=C(C[P+](c1ccccc1)(c1ccccc1)c1ccccc1)c1ccc(F)cc1.[O-]B([O-])Oc1cc(C(F)(F)F)cc(C(F)(F)F)c1. The van der Waals surface area contributed by atoms with Gasteiger partial charge in [-0.25, -0.2) is 8.78 Å². The monoisotopic (exact) mass is 1070 g/mol. The van der Waals surface area contributed by atoms with E-state index in [0.29, 0.717) is 23.5 Å². The standard InChI is InChI=1S/2C26H21FOP.C8H3BF6O3/c2*27-22-18-16-21(17-19-22)26(28)20-29(23-10-4-1-5-11-23,24-12-6-2-7-13-24)25-14-8-3-9-15-25;10-7(11,12)4-1-5(8(13,14)15)3-6(2-4)18-9(16)17/h2*1-19H,20H2;1-3H/q2*+1;-2. The summed E-state index contributed by atoms with van der Waals surface area (Å²) in [4.78, 5) is 26.8. The molecule has 0 unspecified atom stereocenters. The average Bonchev–Trinajstić information content (AvgIpc) is 3.45. The maximum atomic E-state index is 13.4. The van der Waals surface area contributed by atoms with E-state index in [1.807, 2.05) is 109 Å². The first-order chi connectivity index (χ1) is 36.4. The van der Waals surface area contributed by atoms with Gasteiger partial charge >= 0.3 is 12.4 Å². The Balaban J connectivity index is 0.000000171. The lowest BCUT2D eigenvalue weighted by Crippen LogP contribution is -2.50. The molecule has 0 radical (unpaired) electrons. The van der Waals surface area contributed by atoms with E-state index >= 15 is 0 Å². The molecule has 9 rings (SSSR count). The predicted octanol–water partition coefficient (Wildman–Crippen LogP) is 10.8. The highest BCUT2D eigenvalue weighted by Crippen LogP contribution is 2.57. The van der Waals surface area contributed by atoms with Crippen LogP contribution in [0, 0.1) is 11.6 Å². The molecule has 0 saturated carbocycles. The minimum Gasteiger partial charge on any atom is -0.860 e. The van der Waals surface area contributed by atoms with Gasteiger partial charge in [0.15, 0.2) is 0 Å². The van der Waals surface area contributed by atoms with Gasteiger partial charge in [0.2, 0.25) is 11.6 Å². The van der Waals surface area contributed by atoms with Crippen LogP contribution in [0.4, 0.5) is 35.1 Å². The molecule has 384 valence electrons. The van der Waals surface area contributed by atoms with E-state index < -0.39 is 51.1 Å². The highest BCUT2D eigenvalue weighted by Gasteiger charge is 2.48. The average molecular weight is 1070 g/mol. The molecule has 0 aliphatic heterocycles. The van der Waals surface area contributed by atoms with Crippen molar-refractivity contribution in [2.45, 2.75) is 12.4 Å². The first kappa shape index (κ1) is 56.1. The maximum Gasteiger partial charge on any atom is 0.416 e. The van der Waals surface area contributed by atoms with Crippen LogP contribution >= 0.6 is 14.5 Å². The minimum atomic E-state index is -5.05. The van der Waals surface area contributed by atoms with Crippen molar-refractivity contribution in [2.75, 3.05) is 12.3 Å². The van der Waals surface area contributed by atoms with Crippen molar-refractivity contribution in [3.05, 3.63) is 283 Å². The molecular formula is C60H45BF8O5P2. The highest BCUT2D eigenvalue weighted by molar-refractivity contribution is 7.96. The molecule has 9 aromatic rings. The summed E-state index contributed by atoms with van der Waals surface area (Å²) in [6.07, 6.45) is -9.39. The van der Waals surface area contributed by atoms with Gasteiger partial charge in [-0.05, 0) is 140 Å². The van der Waals surface area contributed by atoms with Crippen LogP contribution in [-0.4, -0.2) is 31.2 Å². The number of halogens is 8. The van der Waals surface area contributed by atoms with E-state index in [0.717, 1.165) is 31.8 Å². The Kier molecular flexibility index (Phi) is 18.7. The third-order valence-electron chi connectivity index (χ3n) is 12.1. The highest BCUT2D eigenvalue weighted by atomic mass is 31.2. The second-order valence-electron chi connectivity index (χ2n) is 17.0. The quantitative estimate of drug-likeness (QED) is 0.0468. The Bertz CT molecular complexity index is 2860. The second-order valence-corrected chi connectivity index (χ2v) is 23.9. The molecule has 76 heavy (non-hydrogen) atoms. The Morgan fingerprint density at radius 3 is 0.829 bits per heavy atom. The Morgan fingerprint density at radius 2 is 0.618 bits per heavy atom. The first-order valence-corrected chi connectivity index (χ1v) is 27.3. The molecule has 0 spiro atoms. The lowest BCUT2D eigenvalue weighted by atomic mass is 10.1. The van der Waals surface area contributed by atoms with Crippen molar-refractivity contribution >= 4 is 65.2 Å². The number of alkyl halides is 6. The molecule has 0 aromatic heterocycles. The van der Waals surface area contributed by atoms with Crippen molar-refractivity contribution in [1.82, 2.24) is 0 Å². The van der Waals surface area contributed by atoms with Gasteiger partial charge in [0.25, 0.3) is 0 Å². The van der Waals surface area contributed by atoms with Crippen LogP contribution in [0.2, 0.25) is 0 Å². The summed E-state index contributed by atoms with van der Waals surface area (Å²) >= 11 is 0. The van der Waals surface area contributed by atoms with Crippen molar-refractivity contribution in [2.24, 2.45) is 0 Å². The Labute approximate surface area is 436 Å². The third kappa shape index (κ3) is 14.0. The minimum absolute atomic E-state index is 0.0230. The topological polar surface area (TPSA) is 89.5 Å². The van der Waals surface area contributed by atoms with Crippen molar-refractivity contribution in [1.29, 1.82) is 0 Å². The van der Waals surface area contributed by atoms with Crippen LogP contribution in [0.5, 0.6) is 5.75 Å². The largest absolute Gasteiger partial charge is 0.860 e. The van der Waals surface area contributed by atoms with Crippen molar-refractivity contribution < 1.29 is 59.4 Å². The zero-order valence-electron chi connectivity index (χ0n) is 40.1. The second kappa shape index (κ2) is 25.3. The number of ketones is 2. The molecule has 9 aromatic carbocycles. The summed E-state index contributed by atoms with van der Waals surface area (Å²) in [5, 5.41) is 27.1. The third-order valence-corrected chi connectivity index (χ3v) is 20.7. The van der Waals surface area contributed by atoms with Crippen LogP contribution in [0.15, 0.2) is 249 Å². The van der Waals surface area contributed by atoms with Gasteiger partial charge in [0.05, 0.1) is 16.9 Å². The molecule has 5 nitrogen and oxygen atoms in total. The van der Waals surface area contributed by atoms with E-state index in [2.05, 4.69) is 77.5 Å². The summed E-state index contributed by atoms with van der Waals surface area (Å²) < 4.78 is 104. The molecule has 0 aliphatic rings. The maximum absolute atomic E-state index is 13.4. The molecule has 0 saturated heterocycles. The zero-order valence-corrected chi connectivity index (χ0v) is 41.9. The molecule has 0 atom stereocenters. The molecular weight excluding hydrogens is 1030 g/mol. The van der Waals surface area contributed by atoms with Crippen LogP contribution in [0.1, 0.15) is 31.8 Å². The first-order valence-electron chi connectivity index (χ1n) is 23.4. The number of rotatable bonds is 14. The smallest absolute Gasteiger partial charge is 0.416 e. The van der Waals surface area contributed by atoms with Gasteiger partial charge in [0, 0.05) is 11.1 Å². The number of benzene rings is 9. The van der Waals surface area contributed by atoms with Crippen molar-refractivity contribution in [3.63, 3.8) is 0 Å². The summed E-state index contributed by atoms with van der Waals surface area (Å²) in [7, 11) is -7.48. The van der Waals surface area contributed by atoms with Gasteiger partial charge in [-0.2, -0.15) is 26.3 Å². The molecule has 0 heterocycles. The Hall–Kier alpha value is -7.60. The summed E-state index contributed by atoms with van der Waals surface area (Å²) in [6, 6.07) is 73.6. The van der Waals surface area contributed by atoms with Gasteiger partial charge < -0.3 is 14.7 Å². The summed E-state index contributed by atoms with van der Waals surface area (Å²) in [6.45, 7) is 0. The van der Waals surface area contributed by atoms with Gasteiger partial charge in [-0.1, -0.05) is 109 Å². The van der Waals surface area contributed by atoms with Gasteiger partial charge in [-0.15, -0.1) is 0 Å². The molecule has 0 N–H and O–H groups in total. The lowest BCUT2D eigenvalue weighted by Gasteiger charge is -2.27. The number of Topliss-reactive ketones (excluding diaryl/α,β-unsaturated/α-hetero) is 2. The van der Waals surface area contributed by atoms with Crippen LogP contribution in [0.25, 0.3) is 0 Å². The normalized spacial score (nSPS) is 11.5. The van der Waals surface area contributed by atoms with Crippen LogP contribution in [-0.2, 0) is 12.4 Å². The zero-order chi connectivity index (χ0) is 54.4. The number of hydrogen-bond acceptors (Lipinski definition) is 5. The lowest BCUT2D eigenvalue weighted by molar-refractivity contribution is -0.372. The number of carbonyl (C=O) groups excluding carboxylic acids is 2. The van der Waals surface area contributed by atoms with Gasteiger partial charge in [0.1, 0.15) is 77.6 Å². The molecule has 0 amide bonds. The Morgan fingerprint density at radius 1 is 0.382 bits per heavy atom. The molecule has 0 aliphatic carbocycles. The summed E-state index contributed by atoms with van der Waals surface area (Å²) in [5.74, 6) is -1.70. The van der Waals surface area contributed by atoms with E-state index in [1.165, 1.54) is 24.3 Å². The van der Waals surface area contributed by atoms with E-state index in [1.54, 1.807) is 24.3 Å². The molecule has 16 heteroatoms. The van der Waals surface area contributed by atoms with E-state index in [4.69, 9.17) is 0 Å². The fourth-order valence-corrected chi connectivity index (χ4v) is 16.7. The van der Waals surface area contributed by atoms with E-state index in [9.17, 15) is 54.8 Å². The van der Waals surface area contributed by atoms with Gasteiger partial charge in [-0.3, -0.25) is 9.59 Å². The number of hydrogen-bond donors (Lipinski definition) is 0. The van der Waals surface area contributed by atoms with Crippen molar-refractivity contribution in [3.8, 4) is 5.75 Å². The molecule has 0 bridgehead atoms. The van der Waals surface area contributed by atoms with E-state index in [-0.39, 0.29) is 41.4 Å². The van der Waals surface area contributed by atoms with Crippen LogP contribution in [0.3, 0.4) is 0 Å². The number of carbonyl (C=O) groups is 2. The summed E-state index contributed by atoms with van der Waals surface area (Å²) in [5.41, 5.74) is -2.24. The fourth-order valence-electron chi connectivity index (χ4n) is 8.53. The van der Waals surface area contributed by atoms with Crippen LogP contribution < -0.4 is 46.5 Å². The fraction of sp³-hybridized carbons (Fsp3) is 0.0667.